The van der Waals surface area contributed by atoms with Crippen LogP contribution in [0, 0.1) is 0 Å². The molecule has 2 rings (SSSR count). The van der Waals surface area contributed by atoms with Crippen LogP contribution >= 0.6 is 0 Å². The number of ether oxygens (including phenoxy) is 3. The van der Waals surface area contributed by atoms with Crippen LogP contribution in [0.2, 0.25) is 0 Å². The minimum atomic E-state index is -2.06. The number of hydrogen-bond donors (Lipinski definition) is 4. The fourth-order valence-corrected chi connectivity index (χ4v) is 2.54. The topological polar surface area (TPSA) is 114 Å². The molecule has 1 aromatic carbocycles. The van der Waals surface area contributed by atoms with Crippen LogP contribution in [0.5, 0.6) is 0 Å². The molecule has 118 valence electrons. The maximum Gasteiger partial charge on any atom is 0.222 e. The van der Waals surface area contributed by atoms with Crippen molar-refractivity contribution in [2.45, 2.75) is 30.2 Å². The summed E-state index contributed by atoms with van der Waals surface area (Å²) in [6.07, 6.45) is -4.44. The standard InChI is InChI=1S/C14H21NO6/c1-19-7-10-12(20-2)11(16)13(17)14(18,21-10)8-3-5-9(15)6-4-8/h3-6,10-13,16-18H,7,15H2,1-2H3/t10-,11+,12+,13-,14-/m1/s1. The van der Waals surface area contributed by atoms with Crippen molar-refractivity contribution < 1.29 is 29.5 Å². The van der Waals surface area contributed by atoms with Gasteiger partial charge in [0.2, 0.25) is 5.79 Å². The van der Waals surface area contributed by atoms with Crippen LogP contribution in [0.25, 0.3) is 0 Å². The highest BCUT2D eigenvalue weighted by Gasteiger charge is 2.54. The second kappa shape index (κ2) is 6.27. The smallest absolute Gasteiger partial charge is 0.222 e. The van der Waals surface area contributed by atoms with Crippen LogP contribution in [0.4, 0.5) is 5.69 Å². The van der Waals surface area contributed by atoms with Gasteiger partial charge < -0.3 is 35.3 Å². The number of nitrogen functional groups attached to an aromatic ring is 1. The van der Waals surface area contributed by atoms with Crippen molar-refractivity contribution in [3.8, 4) is 0 Å². The van der Waals surface area contributed by atoms with E-state index >= 15 is 0 Å². The van der Waals surface area contributed by atoms with Gasteiger partial charge in [-0.3, -0.25) is 0 Å². The SMILES string of the molecule is COC[C@H]1O[C@](O)(c2ccc(N)cc2)[C@H](O)[C@@H](O)[C@H]1OC. The number of hydrogen-bond acceptors (Lipinski definition) is 7. The third-order valence-corrected chi connectivity index (χ3v) is 3.69. The molecule has 0 radical (unpaired) electrons. The molecule has 0 aliphatic carbocycles. The summed E-state index contributed by atoms with van der Waals surface area (Å²) in [4.78, 5) is 0. The van der Waals surface area contributed by atoms with Crippen molar-refractivity contribution in [1.82, 2.24) is 0 Å². The van der Waals surface area contributed by atoms with E-state index in [0.717, 1.165) is 0 Å². The number of benzene rings is 1. The number of aliphatic hydroxyl groups is 3. The van der Waals surface area contributed by atoms with Crippen molar-refractivity contribution >= 4 is 5.69 Å². The Morgan fingerprint density at radius 2 is 1.86 bits per heavy atom. The van der Waals surface area contributed by atoms with Gasteiger partial charge in [0.05, 0.1) is 6.61 Å². The van der Waals surface area contributed by atoms with E-state index in [1.807, 2.05) is 0 Å². The largest absolute Gasteiger partial charge is 0.399 e. The molecule has 21 heavy (non-hydrogen) atoms. The van der Waals surface area contributed by atoms with Crippen LogP contribution in [-0.2, 0) is 20.0 Å². The van der Waals surface area contributed by atoms with E-state index in [-0.39, 0.29) is 6.61 Å². The Labute approximate surface area is 122 Å². The van der Waals surface area contributed by atoms with Gasteiger partial charge in [0.15, 0.2) is 0 Å². The molecule has 1 heterocycles. The van der Waals surface area contributed by atoms with E-state index in [9.17, 15) is 15.3 Å². The molecule has 0 amide bonds. The highest BCUT2D eigenvalue weighted by atomic mass is 16.7. The minimum Gasteiger partial charge on any atom is -0.399 e. The zero-order valence-electron chi connectivity index (χ0n) is 12.0. The lowest BCUT2D eigenvalue weighted by atomic mass is 9.88. The first-order valence-electron chi connectivity index (χ1n) is 6.58. The van der Waals surface area contributed by atoms with Gasteiger partial charge >= 0.3 is 0 Å². The first-order valence-corrected chi connectivity index (χ1v) is 6.58. The van der Waals surface area contributed by atoms with Gasteiger partial charge in [-0.2, -0.15) is 0 Å². The van der Waals surface area contributed by atoms with Crippen molar-refractivity contribution in [1.29, 1.82) is 0 Å². The molecule has 0 aromatic heterocycles. The Morgan fingerprint density at radius 3 is 2.38 bits per heavy atom. The van der Waals surface area contributed by atoms with Crippen LogP contribution in [0.3, 0.4) is 0 Å². The van der Waals surface area contributed by atoms with Gasteiger partial charge in [-0.15, -0.1) is 0 Å². The molecular weight excluding hydrogens is 278 g/mol. The molecule has 5 N–H and O–H groups in total. The maximum atomic E-state index is 10.7. The Hall–Kier alpha value is -1.22. The Morgan fingerprint density at radius 1 is 1.24 bits per heavy atom. The first-order chi connectivity index (χ1) is 9.93. The normalized spacial score (nSPS) is 36.6. The summed E-state index contributed by atoms with van der Waals surface area (Å²) in [5, 5.41) is 31.1. The Bertz CT molecular complexity index is 467. The van der Waals surface area contributed by atoms with Crippen molar-refractivity contribution in [2.75, 3.05) is 26.6 Å². The maximum absolute atomic E-state index is 10.7. The molecular formula is C14H21NO6. The second-order valence-electron chi connectivity index (χ2n) is 5.07. The summed E-state index contributed by atoms with van der Waals surface area (Å²) in [6.45, 7) is 0.0968. The molecule has 0 spiro atoms. The number of aliphatic hydroxyl groups excluding tert-OH is 2. The summed E-state index contributed by atoms with van der Waals surface area (Å²) < 4.78 is 15.7. The van der Waals surface area contributed by atoms with Crippen molar-refractivity contribution in [2.24, 2.45) is 0 Å². The monoisotopic (exact) mass is 299 g/mol. The van der Waals surface area contributed by atoms with E-state index < -0.39 is 30.2 Å². The van der Waals surface area contributed by atoms with Crippen LogP contribution in [0.1, 0.15) is 5.56 Å². The van der Waals surface area contributed by atoms with E-state index in [2.05, 4.69) is 0 Å². The summed E-state index contributed by atoms with van der Waals surface area (Å²) in [5.41, 5.74) is 6.41. The third kappa shape index (κ3) is 2.89. The molecule has 0 bridgehead atoms. The fraction of sp³-hybridized carbons (Fsp3) is 0.571. The molecule has 0 saturated carbocycles. The van der Waals surface area contributed by atoms with Crippen LogP contribution < -0.4 is 5.73 Å². The van der Waals surface area contributed by atoms with Gasteiger partial charge in [-0.1, -0.05) is 12.1 Å². The Balaban J connectivity index is 2.35. The molecule has 1 aliphatic rings. The first kappa shape index (κ1) is 16.2. The van der Waals surface area contributed by atoms with E-state index in [0.29, 0.717) is 11.3 Å². The van der Waals surface area contributed by atoms with Gasteiger partial charge in [-0.05, 0) is 12.1 Å². The van der Waals surface area contributed by atoms with Crippen LogP contribution in [-0.4, -0.2) is 60.6 Å². The highest BCUT2D eigenvalue weighted by molar-refractivity contribution is 5.41. The molecule has 0 unspecified atom stereocenters. The lowest BCUT2D eigenvalue weighted by Crippen LogP contribution is -2.64. The lowest BCUT2D eigenvalue weighted by molar-refractivity contribution is -0.360. The minimum absolute atomic E-state index is 0.0968. The predicted molar refractivity (Wildman–Crippen MR) is 74.3 cm³/mol. The van der Waals surface area contributed by atoms with Gasteiger partial charge in [0.1, 0.15) is 24.4 Å². The number of rotatable bonds is 4. The summed E-state index contributed by atoms with van der Waals surface area (Å²) in [7, 11) is 2.86. The van der Waals surface area contributed by atoms with Gasteiger partial charge in [0, 0.05) is 25.5 Å². The fourth-order valence-electron chi connectivity index (χ4n) is 2.54. The summed E-state index contributed by atoms with van der Waals surface area (Å²) >= 11 is 0. The molecule has 1 fully saturated rings. The molecule has 1 saturated heterocycles. The Kier molecular flexibility index (Phi) is 4.82. The molecule has 7 heteroatoms. The molecule has 5 atom stereocenters. The zero-order valence-corrected chi connectivity index (χ0v) is 12.0. The average molecular weight is 299 g/mol. The van der Waals surface area contributed by atoms with Crippen molar-refractivity contribution in [3.63, 3.8) is 0 Å². The number of anilines is 1. The van der Waals surface area contributed by atoms with E-state index in [4.69, 9.17) is 19.9 Å². The molecule has 1 aliphatic heterocycles. The summed E-state index contributed by atoms with van der Waals surface area (Å²) in [6, 6.07) is 6.21. The highest BCUT2D eigenvalue weighted by Crippen LogP contribution is 2.37. The predicted octanol–water partition coefficient (Wildman–Crippen LogP) is -0.804. The zero-order chi connectivity index (χ0) is 15.6. The molecule has 7 nitrogen and oxygen atoms in total. The summed E-state index contributed by atoms with van der Waals surface area (Å²) in [5.74, 6) is -2.06. The lowest BCUT2D eigenvalue weighted by Gasteiger charge is -2.46. The van der Waals surface area contributed by atoms with E-state index in [1.165, 1.54) is 26.4 Å². The van der Waals surface area contributed by atoms with Gasteiger partial charge in [0.25, 0.3) is 0 Å². The third-order valence-electron chi connectivity index (χ3n) is 3.69. The van der Waals surface area contributed by atoms with Crippen molar-refractivity contribution in [3.05, 3.63) is 29.8 Å². The van der Waals surface area contributed by atoms with E-state index in [1.54, 1.807) is 12.1 Å². The number of nitrogens with two attached hydrogens (primary N) is 1. The number of methoxy groups -OCH3 is 2. The van der Waals surface area contributed by atoms with Gasteiger partial charge in [-0.25, -0.2) is 0 Å². The second-order valence-corrected chi connectivity index (χ2v) is 5.07. The van der Waals surface area contributed by atoms with Crippen LogP contribution in [0.15, 0.2) is 24.3 Å². The average Bonchev–Trinajstić information content (AvgIpc) is 2.46. The quantitative estimate of drug-likeness (QED) is 0.538. The molecule has 1 aromatic rings.